The van der Waals surface area contributed by atoms with Crippen LogP contribution >= 0.6 is 0 Å². The van der Waals surface area contributed by atoms with Gasteiger partial charge in [0.15, 0.2) is 0 Å². The molecular weight excluding hydrogens is 239 g/mol. The number of rotatable bonds is 0. The molecule has 1 heteroatoms. The fourth-order valence-corrected chi connectivity index (χ4v) is 0.807. The van der Waals surface area contributed by atoms with Gasteiger partial charge in [0.2, 0.25) is 0 Å². The van der Waals surface area contributed by atoms with Crippen LogP contribution in [-0.2, 0) is 0 Å². The van der Waals surface area contributed by atoms with E-state index in [4.69, 9.17) is 0 Å². The van der Waals surface area contributed by atoms with E-state index in [9.17, 15) is 0 Å². The van der Waals surface area contributed by atoms with Crippen LogP contribution in [0.15, 0.2) is 24.3 Å². The first kappa shape index (κ1) is 11.0. The van der Waals surface area contributed by atoms with E-state index >= 15 is 0 Å². The van der Waals surface area contributed by atoms with Crippen LogP contribution in [0.25, 0.3) is 0 Å². The van der Waals surface area contributed by atoms with Gasteiger partial charge in [-0.05, 0) is 13.8 Å². The molecule has 0 heterocycles. The second-order valence-electron chi connectivity index (χ2n) is 2.66. The van der Waals surface area contributed by atoms with E-state index < -0.39 is 0 Å². The average molecular weight is 255 g/mol. The molecule has 0 aliphatic rings. The topological polar surface area (TPSA) is 0 Å². The molecule has 0 atom stereocenters. The summed E-state index contributed by atoms with van der Waals surface area (Å²) in [6, 6.07) is 8.45. The molecule has 0 amide bonds. The maximum absolute atomic E-state index is 2.30. The molecule has 0 N–H and O–H groups in total. The first-order valence-corrected chi connectivity index (χ1v) is 9.53. The molecule has 0 saturated carbocycles. The number of hydrogen-bond acceptors (Lipinski definition) is 0. The third-order valence-electron chi connectivity index (χ3n) is 1.17. The summed E-state index contributed by atoms with van der Waals surface area (Å²) in [5, 5.41) is 0. The summed E-state index contributed by atoms with van der Waals surface area (Å²) in [6.07, 6.45) is 0. The minimum atomic E-state index is 0.230. The standard InChI is InChI=1S/C8H10.2CH3.Sn/c1-7-4-3-5-8(2)6-7;;;/h3-6H,1-2H3;2*1H3;. The Labute approximate surface area is 80.2 Å². The molecule has 0 aliphatic heterocycles. The molecule has 0 saturated heterocycles. The summed E-state index contributed by atoms with van der Waals surface area (Å²) in [6.45, 7) is 4.21. The monoisotopic (exact) mass is 256 g/mol. The zero-order valence-corrected chi connectivity index (χ0v) is 10.7. The van der Waals surface area contributed by atoms with Gasteiger partial charge < -0.3 is 0 Å². The van der Waals surface area contributed by atoms with Crippen molar-refractivity contribution < 1.29 is 0 Å². The van der Waals surface area contributed by atoms with E-state index in [0.29, 0.717) is 0 Å². The van der Waals surface area contributed by atoms with Gasteiger partial charge in [-0.2, -0.15) is 0 Å². The molecule has 0 spiro atoms. The predicted molar refractivity (Wildman–Crippen MR) is 53.4 cm³/mol. The molecule has 1 aromatic carbocycles. The van der Waals surface area contributed by atoms with Crippen molar-refractivity contribution in [1.82, 2.24) is 0 Å². The Morgan fingerprint density at radius 3 is 1.55 bits per heavy atom. The van der Waals surface area contributed by atoms with Gasteiger partial charge in [-0.1, -0.05) is 35.4 Å². The summed E-state index contributed by atoms with van der Waals surface area (Å²) in [5.74, 6) is 0. The van der Waals surface area contributed by atoms with Crippen LogP contribution in [-0.4, -0.2) is 21.1 Å². The molecular formula is C10H16Sn. The summed E-state index contributed by atoms with van der Waals surface area (Å²) in [7, 11) is 0. The van der Waals surface area contributed by atoms with Gasteiger partial charge in [0, 0.05) is 0 Å². The van der Waals surface area contributed by atoms with Crippen molar-refractivity contribution in [3.8, 4) is 0 Å². The van der Waals surface area contributed by atoms with Crippen molar-refractivity contribution in [3.05, 3.63) is 35.4 Å². The first-order chi connectivity index (χ1) is 5.20. The third kappa shape index (κ3) is 6.42. The van der Waals surface area contributed by atoms with Crippen molar-refractivity contribution in [1.29, 1.82) is 0 Å². The Balaban J connectivity index is 0.000000292. The molecule has 0 fully saturated rings. The van der Waals surface area contributed by atoms with Gasteiger partial charge in [-0.15, -0.1) is 0 Å². The van der Waals surface area contributed by atoms with Crippen molar-refractivity contribution in [2.75, 3.05) is 0 Å². The van der Waals surface area contributed by atoms with Crippen LogP contribution in [0.2, 0.25) is 9.88 Å². The van der Waals surface area contributed by atoms with E-state index in [2.05, 4.69) is 48.0 Å². The van der Waals surface area contributed by atoms with Gasteiger partial charge in [0.05, 0.1) is 0 Å². The molecule has 0 bridgehead atoms. The number of hydrogen-bond donors (Lipinski definition) is 0. The maximum atomic E-state index is 2.30. The van der Waals surface area contributed by atoms with E-state index in [1.807, 2.05) is 0 Å². The molecule has 0 aliphatic carbocycles. The summed E-state index contributed by atoms with van der Waals surface area (Å²) in [4.78, 5) is 4.59. The van der Waals surface area contributed by atoms with Gasteiger partial charge in [-0.3, -0.25) is 0 Å². The van der Waals surface area contributed by atoms with Gasteiger partial charge in [-0.25, -0.2) is 0 Å². The van der Waals surface area contributed by atoms with Crippen molar-refractivity contribution in [3.63, 3.8) is 0 Å². The summed E-state index contributed by atoms with van der Waals surface area (Å²) >= 11 is 0.230. The van der Waals surface area contributed by atoms with Crippen LogP contribution in [0.5, 0.6) is 0 Å². The molecule has 60 valence electrons. The fourth-order valence-electron chi connectivity index (χ4n) is 0.807. The van der Waals surface area contributed by atoms with Crippen LogP contribution in [0.3, 0.4) is 0 Å². The van der Waals surface area contributed by atoms with Crippen molar-refractivity contribution in [2.24, 2.45) is 0 Å². The van der Waals surface area contributed by atoms with E-state index in [0.717, 1.165) is 0 Å². The van der Waals surface area contributed by atoms with E-state index in [1.165, 1.54) is 11.1 Å². The normalized spacial score (nSPS) is 8.36. The fraction of sp³-hybridized carbons (Fsp3) is 0.400. The second-order valence-corrected chi connectivity index (χ2v) is 5.51. The number of benzene rings is 1. The van der Waals surface area contributed by atoms with Crippen LogP contribution in [0.1, 0.15) is 11.1 Å². The summed E-state index contributed by atoms with van der Waals surface area (Å²) in [5.41, 5.74) is 2.68. The molecule has 11 heavy (non-hydrogen) atoms. The van der Waals surface area contributed by atoms with Gasteiger partial charge in [0.1, 0.15) is 0 Å². The van der Waals surface area contributed by atoms with Crippen LogP contribution in [0.4, 0.5) is 0 Å². The Morgan fingerprint density at radius 2 is 1.36 bits per heavy atom. The predicted octanol–water partition coefficient (Wildman–Crippen LogP) is 3.09. The molecule has 0 unspecified atom stereocenters. The zero-order valence-electron chi connectivity index (χ0n) is 7.81. The summed E-state index contributed by atoms with van der Waals surface area (Å²) < 4.78 is 0. The quantitative estimate of drug-likeness (QED) is 0.625. The minimum absolute atomic E-state index is 0.230. The van der Waals surface area contributed by atoms with Crippen molar-refractivity contribution in [2.45, 2.75) is 23.7 Å². The second kappa shape index (κ2) is 6.71. The van der Waals surface area contributed by atoms with Gasteiger partial charge in [0.25, 0.3) is 0 Å². The Hall–Kier alpha value is 0.0187. The molecule has 1 aromatic rings. The zero-order chi connectivity index (χ0) is 8.69. The average Bonchev–Trinajstić information content (AvgIpc) is 1.88. The number of aryl methyl sites for hydroxylation is 2. The molecule has 2 radical (unpaired) electrons. The molecule has 1 rings (SSSR count). The third-order valence-corrected chi connectivity index (χ3v) is 1.17. The van der Waals surface area contributed by atoms with Gasteiger partial charge >= 0.3 is 31.0 Å². The molecule has 0 aromatic heterocycles. The SMILES string of the molecule is Cc1cccc(C)c1.[CH3][Sn][CH3]. The Bertz CT molecular complexity index is 177. The van der Waals surface area contributed by atoms with E-state index in [-0.39, 0.29) is 21.1 Å². The Morgan fingerprint density at radius 1 is 1.00 bits per heavy atom. The Kier molecular flexibility index (Phi) is 6.72. The first-order valence-electron chi connectivity index (χ1n) is 3.82. The van der Waals surface area contributed by atoms with Crippen LogP contribution in [0, 0.1) is 13.8 Å². The van der Waals surface area contributed by atoms with Crippen LogP contribution < -0.4 is 0 Å². The molecule has 0 nitrogen and oxygen atoms in total. The van der Waals surface area contributed by atoms with Crippen molar-refractivity contribution >= 4 is 21.1 Å². The van der Waals surface area contributed by atoms with E-state index in [1.54, 1.807) is 0 Å².